The molecule has 0 aliphatic carbocycles. The van der Waals surface area contributed by atoms with Crippen LogP contribution in [-0.2, 0) is 11.3 Å². The van der Waals surface area contributed by atoms with Gasteiger partial charge in [0.15, 0.2) is 0 Å². The number of rotatable bonds is 5. The van der Waals surface area contributed by atoms with Crippen molar-refractivity contribution in [2.75, 3.05) is 33.9 Å². The molecule has 2 atom stereocenters. The number of carbonyl (C=O) groups is 1. The predicted octanol–water partition coefficient (Wildman–Crippen LogP) is 3.79. The summed E-state index contributed by atoms with van der Waals surface area (Å²) in [5.74, 6) is 2.55. The van der Waals surface area contributed by atoms with Gasteiger partial charge in [-0.3, -0.25) is 9.69 Å². The van der Waals surface area contributed by atoms with Gasteiger partial charge >= 0.3 is 0 Å². The zero-order chi connectivity index (χ0) is 20.3. The molecule has 0 radical (unpaired) electrons. The molecule has 1 aromatic carbocycles. The maximum atomic E-state index is 12.6. The van der Waals surface area contributed by atoms with E-state index in [9.17, 15) is 4.79 Å². The van der Waals surface area contributed by atoms with Crippen molar-refractivity contribution in [3.05, 3.63) is 34.9 Å². The number of carbonyl (C=O) groups excluding carboxylic acids is 1. The summed E-state index contributed by atoms with van der Waals surface area (Å²) in [6.07, 6.45) is 5.35. The Morgan fingerprint density at radius 1 is 1.21 bits per heavy atom. The van der Waals surface area contributed by atoms with Crippen LogP contribution in [0.15, 0.2) is 23.8 Å². The number of amides is 1. The molecule has 0 spiro atoms. The topological polar surface area (TPSA) is 42.0 Å². The number of methoxy groups -OCH3 is 2. The summed E-state index contributed by atoms with van der Waals surface area (Å²) < 4.78 is 11.2. The van der Waals surface area contributed by atoms with Gasteiger partial charge in [-0.2, -0.15) is 0 Å². The molecule has 2 saturated heterocycles. The van der Waals surface area contributed by atoms with Gasteiger partial charge in [0.25, 0.3) is 0 Å². The molecule has 2 fully saturated rings. The van der Waals surface area contributed by atoms with Crippen LogP contribution in [0, 0.1) is 12.8 Å². The fraction of sp³-hybridized carbons (Fsp3) is 0.609. The first kappa shape index (κ1) is 20.7. The molecule has 0 saturated carbocycles. The van der Waals surface area contributed by atoms with Gasteiger partial charge < -0.3 is 14.4 Å². The highest BCUT2D eigenvalue weighted by molar-refractivity contribution is 5.92. The second-order valence-corrected chi connectivity index (χ2v) is 8.04. The van der Waals surface area contributed by atoms with Crippen molar-refractivity contribution < 1.29 is 14.3 Å². The fourth-order valence-corrected chi connectivity index (χ4v) is 4.84. The highest BCUT2D eigenvalue weighted by Gasteiger charge is 2.37. The molecule has 0 unspecified atom stereocenters. The van der Waals surface area contributed by atoms with Crippen LogP contribution in [0.5, 0.6) is 11.5 Å². The van der Waals surface area contributed by atoms with Crippen LogP contribution in [0.4, 0.5) is 0 Å². The summed E-state index contributed by atoms with van der Waals surface area (Å²) in [4.78, 5) is 17.2. The summed E-state index contributed by atoms with van der Waals surface area (Å²) in [5, 5.41) is 0. The van der Waals surface area contributed by atoms with Crippen LogP contribution in [0.1, 0.15) is 44.2 Å². The third kappa shape index (κ3) is 4.04. The third-order valence-electron chi connectivity index (χ3n) is 6.48. The van der Waals surface area contributed by atoms with Crippen molar-refractivity contribution in [2.24, 2.45) is 5.92 Å². The summed E-state index contributed by atoms with van der Waals surface area (Å²) in [6.45, 7) is 9.62. The van der Waals surface area contributed by atoms with Crippen molar-refractivity contribution in [3.63, 3.8) is 0 Å². The number of allylic oxidation sites excluding steroid dienone is 1. The number of piperidine rings is 2. The SMILES string of the molecule is C/C=C(\C)C(=O)N1CC[C@@H]2[C@H](CCCN2Cc2ccc(OC)c(C)c2OC)C1. The largest absolute Gasteiger partial charge is 0.496 e. The van der Waals surface area contributed by atoms with E-state index in [1.165, 1.54) is 18.4 Å². The van der Waals surface area contributed by atoms with E-state index in [0.717, 1.165) is 55.2 Å². The Hall–Kier alpha value is -2.01. The number of likely N-dealkylation sites (tertiary alicyclic amines) is 2. The first-order valence-electron chi connectivity index (χ1n) is 10.4. The Kier molecular flexibility index (Phi) is 6.65. The molecular formula is C23H34N2O3. The fourth-order valence-electron chi connectivity index (χ4n) is 4.84. The maximum Gasteiger partial charge on any atom is 0.249 e. The minimum absolute atomic E-state index is 0.200. The molecule has 3 rings (SSSR count). The number of hydrogen-bond acceptors (Lipinski definition) is 4. The van der Waals surface area contributed by atoms with Crippen molar-refractivity contribution >= 4 is 5.91 Å². The number of fused-ring (bicyclic) bond motifs is 1. The molecule has 0 aromatic heterocycles. The Morgan fingerprint density at radius 2 is 2.00 bits per heavy atom. The molecule has 0 bridgehead atoms. The van der Waals surface area contributed by atoms with E-state index in [1.54, 1.807) is 14.2 Å². The van der Waals surface area contributed by atoms with E-state index >= 15 is 0 Å². The van der Waals surface area contributed by atoms with Gasteiger partial charge in [-0.25, -0.2) is 0 Å². The Labute approximate surface area is 169 Å². The molecule has 5 nitrogen and oxygen atoms in total. The first-order chi connectivity index (χ1) is 13.5. The first-order valence-corrected chi connectivity index (χ1v) is 10.4. The van der Waals surface area contributed by atoms with E-state index in [4.69, 9.17) is 9.47 Å². The molecule has 0 N–H and O–H groups in total. The molecule has 2 aliphatic heterocycles. The third-order valence-corrected chi connectivity index (χ3v) is 6.48. The quantitative estimate of drug-likeness (QED) is 0.722. The van der Waals surface area contributed by atoms with E-state index in [2.05, 4.69) is 15.9 Å². The summed E-state index contributed by atoms with van der Waals surface area (Å²) in [6, 6.07) is 4.70. The molecule has 5 heteroatoms. The van der Waals surface area contributed by atoms with Crippen molar-refractivity contribution in [1.82, 2.24) is 9.80 Å². The smallest absolute Gasteiger partial charge is 0.249 e. The second kappa shape index (κ2) is 8.99. The molecule has 2 heterocycles. The normalized spacial score (nSPS) is 23.3. The second-order valence-electron chi connectivity index (χ2n) is 8.04. The monoisotopic (exact) mass is 386 g/mol. The lowest BCUT2D eigenvalue weighted by molar-refractivity contribution is -0.130. The van der Waals surface area contributed by atoms with Crippen LogP contribution in [0.3, 0.4) is 0 Å². The van der Waals surface area contributed by atoms with Crippen molar-refractivity contribution in [2.45, 2.75) is 52.6 Å². The molecule has 28 heavy (non-hydrogen) atoms. The van der Waals surface area contributed by atoms with Crippen LogP contribution in [0.25, 0.3) is 0 Å². The summed E-state index contributed by atoms with van der Waals surface area (Å²) >= 11 is 0. The highest BCUT2D eigenvalue weighted by Crippen LogP contribution is 2.36. The van der Waals surface area contributed by atoms with Gasteiger partial charge in [0, 0.05) is 42.4 Å². The Morgan fingerprint density at radius 3 is 2.68 bits per heavy atom. The highest BCUT2D eigenvalue weighted by atomic mass is 16.5. The van der Waals surface area contributed by atoms with Gasteiger partial charge in [-0.05, 0) is 58.6 Å². The van der Waals surface area contributed by atoms with Crippen LogP contribution >= 0.6 is 0 Å². The maximum absolute atomic E-state index is 12.6. The lowest BCUT2D eigenvalue weighted by Gasteiger charge is -2.47. The Balaban J connectivity index is 1.74. The van der Waals surface area contributed by atoms with E-state index < -0.39 is 0 Å². The van der Waals surface area contributed by atoms with Gasteiger partial charge in [0.05, 0.1) is 14.2 Å². The lowest BCUT2D eigenvalue weighted by atomic mass is 9.83. The number of nitrogens with zero attached hydrogens (tertiary/aromatic N) is 2. The zero-order valence-electron chi connectivity index (χ0n) is 18.0. The minimum atomic E-state index is 0.200. The molecule has 1 aromatic rings. The van der Waals surface area contributed by atoms with Crippen molar-refractivity contribution in [3.8, 4) is 11.5 Å². The van der Waals surface area contributed by atoms with E-state index in [1.807, 2.05) is 32.9 Å². The molecule has 1 amide bonds. The molecular weight excluding hydrogens is 352 g/mol. The standard InChI is InChI=1S/C23H34N2O3/c1-6-16(2)23(26)25-13-11-20-18(14-25)8-7-12-24(20)15-19-9-10-21(27-4)17(3)22(19)28-5/h6,9-10,18,20H,7-8,11-15H2,1-5H3/b16-6+/t18-,20-/m1/s1. The van der Waals surface area contributed by atoms with Gasteiger partial charge in [-0.15, -0.1) is 0 Å². The van der Waals surface area contributed by atoms with Gasteiger partial charge in [0.2, 0.25) is 5.91 Å². The van der Waals surface area contributed by atoms with Crippen LogP contribution in [-0.4, -0.2) is 55.6 Å². The molecule has 154 valence electrons. The lowest BCUT2D eigenvalue weighted by Crippen LogP contribution is -2.54. The number of ether oxygens (including phenoxy) is 2. The zero-order valence-corrected chi connectivity index (χ0v) is 18.0. The summed E-state index contributed by atoms with van der Waals surface area (Å²) in [7, 11) is 3.43. The number of benzene rings is 1. The van der Waals surface area contributed by atoms with Crippen LogP contribution in [0.2, 0.25) is 0 Å². The van der Waals surface area contributed by atoms with E-state index in [-0.39, 0.29) is 5.91 Å². The average Bonchev–Trinajstić information content (AvgIpc) is 2.72. The van der Waals surface area contributed by atoms with E-state index in [0.29, 0.717) is 12.0 Å². The van der Waals surface area contributed by atoms with Gasteiger partial charge in [0.1, 0.15) is 11.5 Å². The van der Waals surface area contributed by atoms with Crippen LogP contribution < -0.4 is 9.47 Å². The van der Waals surface area contributed by atoms with Gasteiger partial charge in [-0.1, -0.05) is 12.1 Å². The summed E-state index contributed by atoms with van der Waals surface area (Å²) in [5.41, 5.74) is 3.12. The molecule has 2 aliphatic rings. The minimum Gasteiger partial charge on any atom is -0.496 e. The average molecular weight is 387 g/mol. The Bertz CT molecular complexity index is 744. The van der Waals surface area contributed by atoms with Crippen molar-refractivity contribution in [1.29, 1.82) is 0 Å². The number of hydrogen-bond donors (Lipinski definition) is 0. The predicted molar refractivity (Wildman–Crippen MR) is 112 cm³/mol.